The Morgan fingerprint density at radius 1 is 1.29 bits per heavy atom. The molecule has 10 heteroatoms. The lowest BCUT2D eigenvalue weighted by molar-refractivity contribution is -0.138. The molecule has 0 saturated heterocycles. The predicted molar refractivity (Wildman–Crippen MR) is 56.9 cm³/mol. The third-order valence-electron chi connectivity index (χ3n) is 1.64. The Labute approximate surface area is 106 Å². The average molecular weight is 340 g/mol. The maximum absolute atomic E-state index is 12.2. The summed E-state index contributed by atoms with van der Waals surface area (Å²) in [6.07, 6.45) is -7.24. The molecule has 0 unspecified atom stereocenters. The molecule has 0 atom stereocenters. The van der Waals surface area contributed by atoms with Crippen LogP contribution in [0.15, 0.2) is 0 Å². The number of anilines is 1. The van der Waals surface area contributed by atoms with Gasteiger partial charge in [0, 0.05) is 11.9 Å². The van der Waals surface area contributed by atoms with Crippen molar-refractivity contribution in [2.45, 2.75) is 12.6 Å². The SMILES string of the molecule is FC(F)CN(CCBr)c1nnc(C(F)(F)F)s1. The van der Waals surface area contributed by atoms with E-state index in [2.05, 4.69) is 26.1 Å². The molecule has 0 aromatic carbocycles. The average Bonchev–Trinajstić information content (AvgIpc) is 2.64. The van der Waals surface area contributed by atoms with Crippen molar-refractivity contribution in [1.82, 2.24) is 10.2 Å². The third kappa shape index (κ3) is 4.34. The minimum Gasteiger partial charge on any atom is -0.340 e. The first-order valence-corrected chi connectivity index (χ1v) is 6.28. The summed E-state index contributed by atoms with van der Waals surface area (Å²) in [5, 5.41) is 5.27. The van der Waals surface area contributed by atoms with Crippen LogP contribution in [0.5, 0.6) is 0 Å². The summed E-state index contributed by atoms with van der Waals surface area (Å²) in [5.74, 6) is 0. The van der Waals surface area contributed by atoms with E-state index < -0.39 is 24.2 Å². The van der Waals surface area contributed by atoms with Gasteiger partial charge in [-0.15, -0.1) is 10.2 Å². The summed E-state index contributed by atoms with van der Waals surface area (Å²) in [6, 6.07) is 0. The largest absolute Gasteiger partial charge is 0.445 e. The van der Waals surface area contributed by atoms with Crippen molar-refractivity contribution in [1.29, 1.82) is 0 Å². The Morgan fingerprint density at radius 3 is 2.35 bits per heavy atom. The van der Waals surface area contributed by atoms with E-state index in [0.717, 1.165) is 4.90 Å². The van der Waals surface area contributed by atoms with E-state index in [1.807, 2.05) is 0 Å². The molecule has 0 spiro atoms. The van der Waals surface area contributed by atoms with Crippen molar-refractivity contribution >= 4 is 32.4 Å². The van der Waals surface area contributed by atoms with Crippen LogP contribution in [0.3, 0.4) is 0 Å². The number of alkyl halides is 6. The number of aromatic nitrogens is 2. The summed E-state index contributed by atoms with van der Waals surface area (Å²) in [4.78, 5) is 1.06. The summed E-state index contributed by atoms with van der Waals surface area (Å²) < 4.78 is 61.2. The van der Waals surface area contributed by atoms with Crippen molar-refractivity contribution in [2.75, 3.05) is 23.3 Å². The molecule has 0 fully saturated rings. The van der Waals surface area contributed by atoms with Gasteiger partial charge in [-0.25, -0.2) is 8.78 Å². The van der Waals surface area contributed by atoms with Crippen LogP contribution in [0.1, 0.15) is 5.01 Å². The third-order valence-corrected chi connectivity index (χ3v) is 3.02. The van der Waals surface area contributed by atoms with E-state index in [4.69, 9.17) is 0 Å². The molecule has 0 aliphatic heterocycles. The molecule has 1 heterocycles. The fourth-order valence-corrected chi connectivity index (χ4v) is 2.17. The van der Waals surface area contributed by atoms with E-state index in [1.165, 1.54) is 0 Å². The first-order valence-electron chi connectivity index (χ1n) is 4.34. The normalized spacial score (nSPS) is 12.2. The van der Waals surface area contributed by atoms with Crippen LogP contribution in [0.25, 0.3) is 0 Å². The summed E-state index contributed by atoms with van der Waals surface area (Å²) in [7, 11) is 0. The lowest BCUT2D eigenvalue weighted by Crippen LogP contribution is -2.30. The van der Waals surface area contributed by atoms with Crippen molar-refractivity contribution in [3.63, 3.8) is 0 Å². The fourth-order valence-electron chi connectivity index (χ4n) is 0.991. The molecule has 0 amide bonds. The van der Waals surface area contributed by atoms with E-state index >= 15 is 0 Å². The zero-order chi connectivity index (χ0) is 13.1. The van der Waals surface area contributed by atoms with Gasteiger partial charge in [0.25, 0.3) is 6.43 Å². The number of hydrogen-bond acceptors (Lipinski definition) is 4. The van der Waals surface area contributed by atoms with Crippen LogP contribution in [-0.2, 0) is 6.18 Å². The Morgan fingerprint density at radius 2 is 1.94 bits per heavy atom. The van der Waals surface area contributed by atoms with E-state index in [0.29, 0.717) is 5.33 Å². The van der Waals surface area contributed by atoms with Gasteiger partial charge in [0.1, 0.15) is 0 Å². The second-order valence-corrected chi connectivity index (χ2v) is 4.66. The maximum Gasteiger partial charge on any atom is 0.445 e. The van der Waals surface area contributed by atoms with Gasteiger partial charge >= 0.3 is 6.18 Å². The molecular weight excluding hydrogens is 333 g/mol. The molecule has 0 radical (unpaired) electrons. The molecule has 0 saturated carbocycles. The van der Waals surface area contributed by atoms with Crippen molar-refractivity contribution in [3.05, 3.63) is 5.01 Å². The molecule has 1 aromatic heterocycles. The van der Waals surface area contributed by atoms with Crippen molar-refractivity contribution in [2.24, 2.45) is 0 Å². The van der Waals surface area contributed by atoms with Crippen LogP contribution >= 0.6 is 27.3 Å². The summed E-state index contributed by atoms with van der Waals surface area (Å²) in [6.45, 7) is -0.533. The van der Waals surface area contributed by atoms with Crippen LogP contribution in [-0.4, -0.2) is 35.0 Å². The first kappa shape index (κ1) is 14.6. The molecule has 0 N–H and O–H groups in total. The van der Waals surface area contributed by atoms with Crippen LogP contribution in [0.2, 0.25) is 0 Å². The number of halogens is 6. The molecule has 17 heavy (non-hydrogen) atoms. The Hall–Kier alpha value is -0.510. The van der Waals surface area contributed by atoms with E-state index in [9.17, 15) is 22.0 Å². The number of hydrogen-bond donors (Lipinski definition) is 0. The zero-order valence-electron chi connectivity index (χ0n) is 8.22. The molecule has 98 valence electrons. The number of nitrogens with zero attached hydrogens (tertiary/aromatic N) is 3. The highest BCUT2D eigenvalue weighted by Crippen LogP contribution is 2.34. The Kier molecular flexibility index (Phi) is 5.04. The Balaban J connectivity index is 2.84. The quantitative estimate of drug-likeness (QED) is 0.610. The maximum atomic E-state index is 12.2. The molecule has 0 bridgehead atoms. The minimum absolute atomic E-state index is 0.136. The minimum atomic E-state index is -4.60. The Bertz CT molecular complexity index is 356. The van der Waals surface area contributed by atoms with Gasteiger partial charge in [0.05, 0.1) is 6.54 Å². The van der Waals surface area contributed by atoms with Gasteiger partial charge in [0.15, 0.2) is 0 Å². The number of rotatable bonds is 5. The van der Waals surface area contributed by atoms with Crippen molar-refractivity contribution in [3.8, 4) is 0 Å². The van der Waals surface area contributed by atoms with Gasteiger partial charge in [0.2, 0.25) is 10.1 Å². The first-order chi connectivity index (χ1) is 7.84. The highest BCUT2D eigenvalue weighted by atomic mass is 79.9. The summed E-state index contributed by atoms with van der Waals surface area (Å²) in [5.41, 5.74) is 0. The van der Waals surface area contributed by atoms with Crippen LogP contribution < -0.4 is 4.90 Å². The second-order valence-electron chi connectivity index (χ2n) is 2.91. The molecular formula is C7H7BrF5N3S. The topological polar surface area (TPSA) is 29.0 Å². The van der Waals surface area contributed by atoms with Gasteiger partial charge in [-0.1, -0.05) is 27.3 Å². The monoisotopic (exact) mass is 339 g/mol. The molecule has 1 aromatic rings. The molecule has 0 aliphatic carbocycles. The van der Waals surface area contributed by atoms with Gasteiger partial charge in [-0.05, 0) is 0 Å². The van der Waals surface area contributed by atoms with Gasteiger partial charge in [-0.3, -0.25) is 0 Å². The smallest absolute Gasteiger partial charge is 0.340 e. The standard InChI is InChI=1S/C7H7BrF5N3S/c8-1-2-16(3-4(9)10)6-15-14-5(17-6)7(11,12)13/h4H,1-3H2. The fraction of sp³-hybridized carbons (Fsp3) is 0.714. The van der Waals surface area contributed by atoms with Gasteiger partial charge in [-0.2, -0.15) is 13.2 Å². The molecule has 1 rings (SSSR count). The van der Waals surface area contributed by atoms with Crippen LogP contribution in [0, 0.1) is 0 Å². The van der Waals surface area contributed by atoms with Crippen LogP contribution in [0.4, 0.5) is 27.1 Å². The lowest BCUT2D eigenvalue weighted by Gasteiger charge is -2.19. The predicted octanol–water partition coefficient (Wildman–Crippen LogP) is 3.02. The lowest BCUT2D eigenvalue weighted by atomic mass is 10.5. The second kappa shape index (κ2) is 5.89. The van der Waals surface area contributed by atoms with Gasteiger partial charge < -0.3 is 4.90 Å². The molecule has 3 nitrogen and oxygen atoms in total. The molecule has 0 aliphatic rings. The highest BCUT2D eigenvalue weighted by Gasteiger charge is 2.36. The summed E-state index contributed by atoms with van der Waals surface area (Å²) >= 11 is 3.29. The van der Waals surface area contributed by atoms with E-state index in [1.54, 1.807) is 0 Å². The highest BCUT2D eigenvalue weighted by molar-refractivity contribution is 9.09. The van der Waals surface area contributed by atoms with Crippen molar-refractivity contribution < 1.29 is 22.0 Å². The van der Waals surface area contributed by atoms with E-state index in [-0.39, 0.29) is 23.0 Å². The zero-order valence-corrected chi connectivity index (χ0v) is 10.6.